The van der Waals surface area contributed by atoms with Crippen LogP contribution in [0.3, 0.4) is 0 Å². The number of fused-ring (bicyclic) bond motifs is 1. The summed E-state index contributed by atoms with van der Waals surface area (Å²) >= 11 is 1.23. The lowest BCUT2D eigenvalue weighted by atomic mass is 10.0. The highest BCUT2D eigenvalue weighted by atomic mass is 32.1. The van der Waals surface area contributed by atoms with Gasteiger partial charge in [-0.1, -0.05) is 54.3 Å². The summed E-state index contributed by atoms with van der Waals surface area (Å²) in [5.41, 5.74) is 4.38. The van der Waals surface area contributed by atoms with E-state index in [1.165, 1.54) is 11.3 Å². The quantitative estimate of drug-likeness (QED) is 0.648. The Kier molecular flexibility index (Phi) is 4.45. The molecule has 0 atom stereocenters. The van der Waals surface area contributed by atoms with Crippen LogP contribution in [0.1, 0.15) is 12.5 Å². The average Bonchev–Trinajstić information content (AvgIpc) is 2.93. The Labute approximate surface area is 144 Å². The number of thiazole rings is 1. The Morgan fingerprint density at radius 3 is 2.83 bits per heavy atom. The van der Waals surface area contributed by atoms with Crippen LogP contribution in [0.15, 0.2) is 71.6 Å². The minimum atomic E-state index is 0.0110. The lowest BCUT2D eigenvalue weighted by Crippen LogP contribution is -2.13. The molecule has 3 aromatic rings. The second kappa shape index (κ2) is 6.69. The molecule has 0 fully saturated rings. The summed E-state index contributed by atoms with van der Waals surface area (Å²) in [6, 6.07) is 15.6. The maximum Gasteiger partial charge on any atom is 0.308 e. The van der Waals surface area contributed by atoms with Gasteiger partial charge in [0.25, 0.3) is 0 Å². The lowest BCUT2D eigenvalue weighted by Gasteiger charge is -2.06. The molecule has 1 heterocycles. The molecule has 3 rings (SSSR count). The van der Waals surface area contributed by atoms with Crippen molar-refractivity contribution in [2.24, 2.45) is 0 Å². The van der Waals surface area contributed by atoms with Gasteiger partial charge in [-0.3, -0.25) is 9.36 Å². The highest BCUT2D eigenvalue weighted by Gasteiger charge is 2.11. The second-order valence-corrected chi connectivity index (χ2v) is 6.35. The number of hydrogen-bond acceptors (Lipinski definition) is 3. The third-order valence-corrected chi connectivity index (χ3v) is 4.94. The fourth-order valence-corrected chi connectivity index (χ4v) is 3.60. The Balaban J connectivity index is 2.13. The van der Waals surface area contributed by atoms with Crippen LogP contribution in [0.5, 0.6) is 0 Å². The Hall–Kier alpha value is -2.90. The average molecular weight is 332 g/mol. The van der Waals surface area contributed by atoms with Gasteiger partial charge in [-0.15, -0.1) is 0 Å². The van der Waals surface area contributed by atoms with Crippen molar-refractivity contribution in [3.05, 3.63) is 82.0 Å². The molecule has 3 nitrogen and oxygen atoms in total. The molecule has 0 radical (unpaired) electrons. The fraction of sp³-hybridized carbons (Fsp3) is 0.100. The van der Waals surface area contributed by atoms with Gasteiger partial charge >= 0.3 is 4.87 Å². The van der Waals surface area contributed by atoms with E-state index in [2.05, 4.69) is 12.6 Å². The summed E-state index contributed by atoms with van der Waals surface area (Å²) in [7, 11) is 0. The summed E-state index contributed by atoms with van der Waals surface area (Å²) in [5, 5.41) is 9.28. The monoisotopic (exact) mass is 332 g/mol. The molecule has 0 aliphatic heterocycles. The Bertz CT molecular complexity index is 1050. The van der Waals surface area contributed by atoms with Crippen LogP contribution in [0, 0.1) is 11.3 Å². The molecule has 0 bridgehead atoms. The molecule has 0 spiro atoms. The number of benzene rings is 2. The number of nitrogens with zero attached hydrogens (tertiary/aromatic N) is 2. The van der Waals surface area contributed by atoms with Gasteiger partial charge in [-0.05, 0) is 41.8 Å². The van der Waals surface area contributed by atoms with E-state index in [1.807, 2.05) is 49.4 Å². The van der Waals surface area contributed by atoms with Gasteiger partial charge in [0, 0.05) is 0 Å². The number of rotatable bonds is 4. The van der Waals surface area contributed by atoms with E-state index in [9.17, 15) is 10.1 Å². The first-order valence-electron chi connectivity index (χ1n) is 7.58. The van der Waals surface area contributed by atoms with Crippen LogP contribution in [0.4, 0.5) is 0 Å². The molecule has 0 aliphatic rings. The van der Waals surface area contributed by atoms with E-state index in [0.717, 1.165) is 26.9 Å². The molecule has 24 heavy (non-hydrogen) atoms. The lowest BCUT2D eigenvalue weighted by molar-refractivity contribution is 0.814. The molecular weight excluding hydrogens is 316 g/mol. The van der Waals surface area contributed by atoms with E-state index < -0.39 is 0 Å². The van der Waals surface area contributed by atoms with Crippen molar-refractivity contribution in [1.29, 1.82) is 5.26 Å². The summed E-state index contributed by atoms with van der Waals surface area (Å²) in [6.45, 7) is 6.24. The molecule has 2 aromatic carbocycles. The fourth-order valence-electron chi connectivity index (χ4n) is 2.67. The summed E-state index contributed by atoms with van der Waals surface area (Å²) in [4.78, 5) is 12.4. The maximum atomic E-state index is 12.3. The zero-order valence-corrected chi connectivity index (χ0v) is 14.1. The van der Waals surface area contributed by atoms with Crippen molar-refractivity contribution in [3.63, 3.8) is 0 Å². The Morgan fingerprint density at radius 1 is 1.33 bits per heavy atom. The number of aromatic nitrogens is 1. The van der Waals surface area contributed by atoms with Crippen LogP contribution in [0.25, 0.3) is 21.3 Å². The molecule has 0 unspecified atom stereocenters. The predicted molar refractivity (Wildman–Crippen MR) is 100 cm³/mol. The van der Waals surface area contributed by atoms with Crippen LogP contribution >= 0.6 is 11.3 Å². The maximum absolute atomic E-state index is 12.3. The van der Waals surface area contributed by atoms with Crippen LogP contribution in [-0.2, 0) is 6.54 Å². The normalized spacial score (nSPS) is 11.4. The van der Waals surface area contributed by atoms with Crippen molar-refractivity contribution in [2.75, 3.05) is 0 Å². The van der Waals surface area contributed by atoms with Gasteiger partial charge in [-0.2, -0.15) is 5.26 Å². The molecule has 0 saturated heterocycles. The number of nitriles is 1. The first-order chi connectivity index (χ1) is 11.7. The van der Waals surface area contributed by atoms with Crippen molar-refractivity contribution in [1.82, 2.24) is 4.57 Å². The second-order valence-electron chi connectivity index (χ2n) is 5.36. The first-order valence-corrected chi connectivity index (χ1v) is 8.40. The van der Waals surface area contributed by atoms with Gasteiger partial charge in [0.05, 0.1) is 28.4 Å². The summed E-state index contributed by atoms with van der Waals surface area (Å²) < 4.78 is 2.68. The van der Waals surface area contributed by atoms with Crippen molar-refractivity contribution >= 4 is 21.6 Å². The van der Waals surface area contributed by atoms with Gasteiger partial charge in [0.1, 0.15) is 0 Å². The Morgan fingerprint density at radius 2 is 2.12 bits per heavy atom. The minimum Gasteiger partial charge on any atom is -0.294 e. The zero-order chi connectivity index (χ0) is 17.1. The molecule has 0 saturated carbocycles. The minimum absolute atomic E-state index is 0.0110. The highest BCUT2D eigenvalue weighted by Crippen LogP contribution is 2.28. The van der Waals surface area contributed by atoms with E-state index in [1.54, 1.807) is 16.7 Å². The molecule has 118 valence electrons. The van der Waals surface area contributed by atoms with Gasteiger partial charge < -0.3 is 0 Å². The molecule has 1 aromatic heterocycles. The van der Waals surface area contributed by atoms with E-state index >= 15 is 0 Å². The van der Waals surface area contributed by atoms with E-state index in [-0.39, 0.29) is 4.87 Å². The highest BCUT2D eigenvalue weighted by molar-refractivity contribution is 7.16. The van der Waals surface area contributed by atoms with Crippen LogP contribution in [-0.4, -0.2) is 4.57 Å². The van der Waals surface area contributed by atoms with Crippen molar-refractivity contribution < 1.29 is 0 Å². The number of allylic oxidation sites excluding steroid dienone is 3. The molecule has 0 aliphatic carbocycles. The predicted octanol–water partition coefficient (Wildman–Crippen LogP) is 4.73. The first kappa shape index (κ1) is 16.0. The van der Waals surface area contributed by atoms with E-state index in [4.69, 9.17) is 0 Å². The summed E-state index contributed by atoms with van der Waals surface area (Å²) in [6.07, 6.45) is 3.73. The smallest absolute Gasteiger partial charge is 0.294 e. The SMILES string of the molecule is C=CC(=CC)Cn1c(=O)sc2cc(-c3ccccc3C#N)ccc21. The summed E-state index contributed by atoms with van der Waals surface area (Å²) in [5.74, 6) is 0. The molecule has 4 heteroatoms. The van der Waals surface area contributed by atoms with Crippen LogP contribution in [0.2, 0.25) is 0 Å². The van der Waals surface area contributed by atoms with Crippen molar-refractivity contribution in [2.45, 2.75) is 13.5 Å². The standard InChI is InChI=1S/C20H16N2OS/c1-3-14(4-2)13-22-18-10-9-15(11-19(18)24-20(22)23)17-8-6-5-7-16(17)12-21/h3-11H,1,13H2,2H3. The van der Waals surface area contributed by atoms with Gasteiger partial charge in [-0.25, -0.2) is 0 Å². The van der Waals surface area contributed by atoms with Crippen LogP contribution < -0.4 is 4.87 Å². The zero-order valence-electron chi connectivity index (χ0n) is 13.3. The number of hydrogen-bond donors (Lipinski definition) is 0. The molecule has 0 amide bonds. The van der Waals surface area contributed by atoms with Crippen molar-refractivity contribution in [3.8, 4) is 17.2 Å². The molecule has 0 N–H and O–H groups in total. The van der Waals surface area contributed by atoms with Gasteiger partial charge in [0.2, 0.25) is 0 Å². The van der Waals surface area contributed by atoms with E-state index in [0.29, 0.717) is 12.1 Å². The third-order valence-electron chi connectivity index (χ3n) is 4.00. The largest absolute Gasteiger partial charge is 0.308 e. The molecular formula is C20H16N2OS. The van der Waals surface area contributed by atoms with Gasteiger partial charge in [0.15, 0.2) is 0 Å². The third kappa shape index (κ3) is 2.82. The topological polar surface area (TPSA) is 45.8 Å².